The van der Waals surface area contributed by atoms with Crippen LogP contribution in [0.4, 0.5) is 11.4 Å². The molecule has 0 radical (unpaired) electrons. The third-order valence-electron chi connectivity index (χ3n) is 5.04. The van der Waals surface area contributed by atoms with Crippen LogP contribution < -0.4 is 15.4 Å². The molecule has 2 amide bonds. The number of hydrogen-bond acceptors (Lipinski definition) is 5. The maximum atomic E-state index is 12.2. The molecule has 0 unspecified atom stereocenters. The van der Waals surface area contributed by atoms with Gasteiger partial charge in [0.15, 0.2) is 6.61 Å². The standard InChI is InChI=1S/C27H28N2O5/c1-18-8-13-23(20(3)16-18)29-26(31)17-33-27(32)15-14-25(30)28-21-9-11-22(12-10-21)34-24-7-5-4-6-19(24)2/h4-13,16H,14-15,17H2,1-3H3,(H,28,30)(H,29,31). The lowest BCUT2D eigenvalue weighted by Gasteiger charge is -2.10. The number of amides is 2. The number of para-hydroxylation sites is 1. The molecule has 176 valence electrons. The highest BCUT2D eigenvalue weighted by Gasteiger charge is 2.12. The number of ether oxygens (including phenoxy) is 2. The summed E-state index contributed by atoms with van der Waals surface area (Å²) in [6.07, 6.45) is -0.184. The van der Waals surface area contributed by atoms with Crippen LogP contribution in [0.5, 0.6) is 11.5 Å². The maximum Gasteiger partial charge on any atom is 0.306 e. The van der Waals surface area contributed by atoms with Crippen molar-refractivity contribution in [3.8, 4) is 11.5 Å². The molecule has 0 saturated heterocycles. The highest BCUT2D eigenvalue weighted by Crippen LogP contribution is 2.25. The molecule has 3 rings (SSSR count). The number of aryl methyl sites for hydroxylation is 3. The predicted octanol–water partition coefficient (Wildman–Crippen LogP) is 5.30. The lowest BCUT2D eigenvalue weighted by Crippen LogP contribution is -2.22. The summed E-state index contributed by atoms with van der Waals surface area (Å²) < 4.78 is 10.8. The van der Waals surface area contributed by atoms with E-state index < -0.39 is 18.5 Å². The van der Waals surface area contributed by atoms with E-state index in [-0.39, 0.29) is 18.7 Å². The van der Waals surface area contributed by atoms with Crippen LogP contribution in [0, 0.1) is 20.8 Å². The molecule has 0 aliphatic carbocycles. The number of benzene rings is 3. The zero-order chi connectivity index (χ0) is 24.5. The number of anilines is 2. The SMILES string of the molecule is Cc1ccc(NC(=O)COC(=O)CCC(=O)Nc2ccc(Oc3ccccc3C)cc2)c(C)c1. The topological polar surface area (TPSA) is 93.7 Å². The first kappa shape index (κ1) is 24.5. The Hall–Kier alpha value is -4.13. The Balaban J connectivity index is 1.38. The molecule has 0 spiro atoms. The fourth-order valence-corrected chi connectivity index (χ4v) is 3.20. The minimum atomic E-state index is -0.618. The second kappa shape index (κ2) is 11.7. The lowest BCUT2D eigenvalue weighted by atomic mass is 10.1. The largest absolute Gasteiger partial charge is 0.457 e. The second-order valence-electron chi connectivity index (χ2n) is 7.97. The molecule has 7 heteroatoms. The normalized spacial score (nSPS) is 10.3. The summed E-state index contributed by atoms with van der Waals surface area (Å²) >= 11 is 0. The van der Waals surface area contributed by atoms with E-state index in [2.05, 4.69) is 10.6 Å². The van der Waals surface area contributed by atoms with Gasteiger partial charge in [0.25, 0.3) is 5.91 Å². The summed E-state index contributed by atoms with van der Waals surface area (Å²) in [6, 6.07) is 20.3. The summed E-state index contributed by atoms with van der Waals surface area (Å²) in [4.78, 5) is 36.1. The van der Waals surface area contributed by atoms with Crippen molar-refractivity contribution in [2.24, 2.45) is 0 Å². The Bertz CT molecular complexity index is 1170. The van der Waals surface area contributed by atoms with Crippen LogP contribution >= 0.6 is 0 Å². The minimum absolute atomic E-state index is 0.0566. The molecule has 34 heavy (non-hydrogen) atoms. The smallest absolute Gasteiger partial charge is 0.306 e. The van der Waals surface area contributed by atoms with E-state index in [4.69, 9.17) is 9.47 Å². The molecule has 0 heterocycles. The monoisotopic (exact) mass is 460 g/mol. The zero-order valence-corrected chi connectivity index (χ0v) is 19.5. The van der Waals surface area contributed by atoms with Crippen molar-refractivity contribution in [1.82, 2.24) is 0 Å². The number of nitrogens with one attached hydrogen (secondary N) is 2. The average Bonchev–Trinajstić information content (AvgIpc) is 2.81. The fourth-order valence-electron chi connectivity index (χ4n) is 3.20. The van der Waals surface area contributed by atoms with Crippen molar-refractivity contribution in [2.75, 3.05) is 17.2 Å². The zero-order valence-electron chi connectivity index (χ0n) is 19.5. The van der Waals surface area contributed by atoms with Crippen LogP contribution in [0.2, 0.25) is 0 Å². The van der Waals surface area contributed by atoms with Gasteiger partial charge in [0.2, 0.25) is 5.91 Å². The van der Waals surface area contributed by atoms with Crippen LogP contribution in [0.25, 0.3) is 0 Å². The van der Waals surface area contributed by atoms with Gasteiger partial charge in [0.05, 0.1) is 6.42 Å². The van der Waals surface area contributed by atoms with Crippen molar-refractivity contribution in [3.63, 3.8) is 0 Å². The highest BCUT2D eigenvalue weighted by atomic mass is 16.5. The van der Waals surface area contributed by atoms with Crippen LogP contribution in [-0.4, -0.2) is 24.4 Å². The molecular weight excluding hydrogens is 432 g/mol. The van der Waals surface area contributed by atoms with Crippen molar-refractivity contribution < 1.29 is 23.9 Å². The minimum Gasteiger partial charge on any atom is -0.457 e. The van der Waals surface area contributed by atoms with Gasteiger partial charge in [0, 0.05) is 17.8 Å². The Kier molecular flexibility index (Phi) is 8.40. The summed E-state index contributed by atoms with van der Waals surface area (Å²) in [7, 11) is 0. The average molecular weight is 461 g/mol. The third kappa shape index (κ3) is 7.48. The highest BCUT2D eigenvalue weighted by molar-refractivity contribution is 5.94. The van der Waals surface area contributed by atoms with E-state index in [9.17, 15) is 14.4 Å². The van der Waals surface area contributed by atoms with Crippen molar-refractivity contribution in [2.45, 2.75) is 33.6 Å². The van der Waals surface area contributed by atoms with Gasteiger partial charge in [-0.25, -0.2) is 0 Å². The first-order valence-electron chi connectivity index (χ1n) is 11.0. The van der Waals surface area contributed by atoms with Crippen LogP contribution in [-0.2, 0) is 19.1 Å². The van der Waals surface area contributed by atoms with Gasteiger partial charge in [-0.3, -0.25) is 14.4 Å². The Morgan fingerprint density at radius 1 is 0.765 bits per heavy atom. The first-order chi connectivity index (χ1) is 16.3. The van der Waals surface area contributed by atoms with Gasteiger partial charge in [-0.2, -0.15) is 0 Å². The molecule has 0 bridgehead atoms. The van der Waals surface area contributed by atoms with Gasteiger partial charge < -0.3 is 20.1 Å². The summed E-state index contributed by atoms with van der Waals surface area (Å²) in [5.74, 6) is 0.0328. The van der Waals surface area contributed by atoms with Crippen LogP contribution in [0.1, 0.15) is 29.5 Å². The van der Waals surface area contributed by atoms with Gasteiger partial charge >= 0.3 is 5.97 Å². The molecule has 0 aliphatic rings. The first-order valence-corrected chi connectivity index (χ1v) is 11.0. The number of carbonyl (C=O) groups is 3. The van der Waals surface area contributed by atoms with E-state index in [0.29, 0.717) is 17.1 Å². The van der Waals surface area contributed by atoms with E-state index >= 15 is 0 Å². The summed E-state index contributed by atoms with van der Waals surface area (Å²) in [6.45, 7) is 5.41. The molecule has 0 fully saturated rings. The van der Waals surface area contributed by atoms with Gasteiger partial charge in [-0.15, -0.1) is 0 Å². The van der Waals surface area contributed by atoms with Gasteiger partial charge in [0.1, 0.15) is 11.5 Å². The van der Waals surface area contributed by atoms with Gasteiger partial charge in [-0.05, 0) is 68.3 Å². The van der Waals surface area contributed by atoms with Crippen molar-refractivity contribution >= 4 is 29.2 Å². The maximum absolute atomic E-state index is 12.2. The molecule has 0 aromatic heterocycles. The second-order valence-corrected chi connectivity index (χ2v) is 7.97. The number of rotatable bonds is 9. The molecule has 0 saturated carbocycles. The van der Waals surface area contributed by atoms with Crippen molar-refractivity contribution in [3.05, 3.63) is 83.4 Å². The fraction of sp³-hybridized carbons (Fsp3) is 0.222. The van der Waals surface area contributed by atoms with Crippen LogP contribution in [0.15, 0.2) is 66.7 Å². The summed E-state index contributed by atoms with van der Waals surface area (Å²) in [5.41, 5.74) is 4.29. The number of carbonyl (C=O) groups excluding carboxylic acids is 3. The van der Waals surface area contributed by atoms with Crippen LogP contribution in [0.3, 0.4) is 0 Å². The molecule has 0 atom stereocenters. The van der Waals surface area contributed by atoms with E-state index in [0.717, 1.165) is 22.4 Å². The Morgan fingerprint density at radius 3 is 2.21 bits per heavy atom. The molecule has 7 nitrogen and oxygen atoms in total. The molecule has 3 aromatic carbocycles. The van der Waals surface area contributed by atoms with Crippen molar-refractivity contribution in [1.29, 1.82) is 0 Å². The Labute approximate surface area is 199 Å². The van der Waals surface area contributed by atoms with E-state index in [1.54, 1.807) is 30.3 Å². The van der Waals surface area contributed by atoms with Gasteiger partial charge in [-0.1, -0.05) is 35.9 Å². The quantitative estimate of drug-likeness (QED) is 0.423. The molecular formula is C27H28N2O5. The number of hydrogen-bond donors (Lipinski definition) is 2. The van der Waals surface area contributed by atoms with E-state index in [1.165, 1.54) is 0 Å². The molecule has 2 N–H and O–H groups in total. The van der Waals surface area contributed by atoms with E-state index in [1.807, 2.05) is 57.2 Å². The predicted molar refractivity (Wildman–Crippen MR) is 131 cm³/mol. The molecule has 0 aliphatic heterocycles. The molecule has 3 aromatic rings. The third-order valence-corrected chi connectivity index (χ3v) is 5.04. The Morgan fingerprint density at radius 2 is 1.50 bits per heavy atom. The number of esters is 1. The summed E-state index contributed by atoms with van der Waals surface area (Å²) in [5, 5.41) is 5.43. The lowest BCUT2D eigenvalue weighted by molar-refractivity contribution is -0.147.